The molecule has 1 aromatic heterocycles. The summed E-state index contributed by atoms with van der Waals surface area (Å²) in [5.74, 6) is -11.9. The number of benzene rings is 1. The lowest BCUT2D eigenvalue weighted by atomic mass is 9.86. The van der Waals surface area contributed by atoms with Crippen molar-refractivity contribution < 1.29 is 41.1 Å². The number of aryl methyl sites for hydroxylation is 1. The van der Waals surface area contributed by atoms with Crippen molar-refractivity contribution in [3.05, 3.63) is 65.5 Å². The lowest BCUT2D eigenvalue weighted by Crippen LogP contribution is -2.63. The number of carbonyl (C=O) groups excluding carboxylic acids is 4. The number of hydrogen-bond acceptors (Lipinski definition) is 6. The third-order valence-electron chi connectivity index (χ3n) is 7.39. The molecule has 1 aromatic carbocycles. The van der Waals surface area contributed by atoms with E-state index in [4.69, 9.17) is 0 Å². The predicted molar refractivity (Wildman–Crippen MR) is 147 cm³/mol. The molecule has 0 radical (unpaired) electrons. The first-order chi connectivity index (χ1) is 20.0. The lowest BCUT2D eigenvalue weighted by molar-refractivity contribution is -0.271. The minimum absolute atomic E-state index is 0.0366. The number of halogens is 5. The van der Waals surface area contributed by atoms with Crippen LogP contribution in [0.2, 0.25) is 0 Å². The standard InChI is InChI=1S/C30H35F5N4O4/c1-17(2)24(37-23(40)12-11-19-8-7-13-36-15-19)28(43)38-27(42)22-14-20-9-5-6-10-21(20)16-39(22)25(18(3)4)26(41)29(31,32)30(33,34)35/h5-10,13,15,17-18,22,24-25H,11-12,14,16H2,1-4H3,(H,37,40)(H,38,42,43)/t22?,24-,25?/m0/s1. The monoisotopic (exact) mass is 610 g/mol. The third-order valence-corrected chi connectivity index (χ3v) is 7.39. The van der Waals surface area contributed by atoms with E-state index in [-0.39, 0.29) is 19.4 Å². The van der Waals surface area contributed by atoms with E-state index in [1.807, 2.05) is 0 Å². The quantitative estimate of drug-likeness (QED) is 0.373. The van der Waals surface area contributed by atoms with Gasteiger partial charge in [0.15, 0.2) is 0 Å². The summed E-state index contributed by atoms with van der Waals surface area (Å²) in [6.45, 7) is 5.64. The number of Topliss-reactive ketones (excluding diaryl/α,β-unsaturated/α-hetero) is 1. The molecule has 2 unspecified atom stereocenters. The van der Waals surface area contributed by atoms with Gasteiger partial charge in [-0.3, -0.25) is 34.4 Å². The van der Waals surface area contributed by atoms with Gasteiger partial charge in [0, 0.05) is 25.4 Å². The van der Waals surface area contributed by atoms with E-state index in [2.05, 4.69) is 15.6 Å². The van der Waals surface area contributed by atoms with Crippen LogP contribution in [0.15, 0.2) is 48.8 Å². The van der Waals surface area contributed by atoms with Crippen LogP contribution in [0.4, 0.5) is 22.0 Å². The van der Waals surface area contributed by atoms with E-state index in [1.54, 1.807) is 62.6 Å². The van der Waals surface area contributed by atoms with E-state index in [0.717, 1.165) is 10.5 Å². The van der Waals surface area contributed by atoms with Crippen LogP contribution in [0, 0.1) is 11.8 Å². The Morgan fingerprint density at radius 3 is 2.16 bits per heavy atom. The number of amides is 3. The molecule has 0 fully saturated rings. The Kier molecular flexibility index (Phi) is 10.8. The fourth-order valence-electron chi connectivity index (χ4n) is 5.11. The summed E-state index contributed by atoms with van der Waals surface area (Å²) in [6, 6.07) is 5.56. The number of pyridine rings is 1. The summed E-state index contributed by atoms with van der Waals surface area (Å²) in [5.41, 5.74) is 1.97. The largest absolute Gasteiger partial charge is 0.461 e. The maximum absolute atomic E-state index is 14.3. The molecular formula is C30H35F5N4O4. The molecule has 1 aliphatic heterocycles. The maximum atomic E-state index is 14.3. The Hall–Kier alpha value is -3.74. The summed E-state index contributed by atoms with van der Waals surface area (Å²) in [7, 11) is 0. The van der Waals surface area contributed by atoms with Crippen LogP contribution in [-0.4, -0.2) is 63.6 Å². The molecule has 234 valence electrons. The van der Waals surface area contributed by atoms with Crippen LogP contribution >= 0.6 is 0 Å². The Balaban J connectivity index is 1.84. The highest BCUT2D eigenvalue weighted by atomic mass is 19.4. The minimum Gasteiger partial charge on any atom is -0.344 e. The van der Waals surface area contributed by atoms with Gasteiger partial charge in [-0.25, -0.2) is 0 Å². The van der Waals surface area contributed by atoms with Crippen molar-refractivity contribution in [3.8, 4) is 0 Å². The summed E-state index contributed by atoms with van der Waals surface area (Å²) in [4.78, 5) is 57.1. The maximum Gasteiger partial charge on any atom is 0.461 e. The van der Waals surface area contributed by atoms with Crippen molar-refractivity contribution >= 4 is 23.5 Å². The Morgan fingerprint density at radius 1 is 0.953 bits per heavy atom. The Labute approximate surface area is 246 Å². The van der Waals surface area contributed by atoms with Crippen LogP contribution in [0.5, 0.6) is 0 Å². The minimum atomic E-state index is -6.13. The molecule has 2 heterocycles. The van der Waals surface area contributed by atoms with E-state index in [9.17, 15) is 41.1 Å². The fraction of sp³-hybridized carbons (Fsp3) is 0.500. The Morgan fingerprint density at radius 2 is 1.60 bits per heavy atom. The predicted octanol–water partition coefficient (Wildman–Crippen LogP) is 4.02. The van der Waals surface area contributed by atoms with Gasteiger partial charge in [0.1, 0.15) is 6.04 Å². The van der Waals surface area contributed by atoms with Crippen LogP contribution in [0.3, 0.4) is 0 Å². The molecule has 3 amide bonds. The highest BCUT2D eigenvalue weighted by Crippen LogP contribution is 2.40. The summed E-state index contributed by atoms with van der Waals surface area (Å²) in [5, 5.41) is 4.81. The second-order valence-corrected chi connectivity index (χ2v) is 11.3. The number of hydrogen-bond donors (Lipinski definition) is 2. The van der Waals surface area contributed by atoms with Crippen LogP contribution in [0.1, 0.15) is 50.8 Å². The van der Waals surface area contributed by atoms with Crippen molar-refractivity contribution in [1.29, 1.82) is 0 Å². The van der Waals surface area contributed by atoms with Crippen molar-refractivity contribution in [2.24, 2.45) is 11.8 Å². The van der Waals surface area contributed by atoms with Gasteiger partial charge in [-0.15, -0.1) is 0 Å². The fourth-order valence-corrected chi connectivity index (χ4v) is 5.11. The first kappa shape index (κ1) is 33.8. The number of carbonyl (C=O) groups is 4. The number of fused-ring (bicyclic) bond motifs is 1. The Bertz CT molecular complexity index is 1320. The average molecular weight is 611 g/mol. The molecule has 1 aliphatic rings. The normalized spacial score (nSPS) is 17.2. The van der Waals surface area contributed by atoms with E-state index >= 15 is 0 Å². The van der Waals surface area contributed by atoms with Gasteiger partial charge in [-0.2, -0.15) is 22.0 Å². The van der Waals surface area contributed by atoms with Gasteiger partial charge in [-0.05, 0) is 47.4 Å². The number of imide groups is 1. The second-order valence-electron chi connectivity index (χ2n) is 11.3. The van der Waals surface area contributed by atoms with Gasteiger partial charge in [0.2, 0.25) is 23.5 Å². The highest BCUT2D eigenvalue weighted by Gasteiger charge is 2.65. The van der Waals surface area contributed by atoms with E-state index in [1.165, 1.54) is 13.8 Å². The number of ketones is 1. The van der Waals surface area contributed by atoms with Crippen molar-refractivity contribution in [1.82, 2.24) is 20.5 Å². The SMILES string of the molecule is CC(C)C(C(=O)C(F)(F)C(F)(F)F)N1Cc2ccccc2CC1C(=O)NC(=O)[C@@H](NC(=O)CCc1cccnc1)C(C)C. The third kappa shape index (κ3) is 8.01. The number of nitrogens with one attached hydrogen (secondary N) is 2. The first-order valence-electron chi connectivity index (χ1n) is 13.9. The molecule has 0 spiro atoms. The molecule has 13 heteroatoms. The molecule has 8 nitrogen and oxygen atoms in total. The van der Waals surface area contributed by atoms with E-state index < -0.39 is 65.6 Å². The van der Waals surface area contributed by atoms with E-state index in [0.29, 0.717) is 17.5 Å². The molecule has 0 saturated carbocycles. The smallest absolute Gasteiger partial charge is 0.344 e. The molecule has 3 atom stereocenters. The van der Waals surface area contributed by atoms with Crippen molar-refractivity contribution in [2.45, 2.75) is 83.7 Å². The molecule has 0 aliphatic carbocycles. The van der Waals surface area contributed by atoms with Crippen molar-refractivity contribution in [3.63, 3.8) is 0 Å². The zero-order chi connectivity index (χ0) is 32.1. The summed E-state index contributed by atoms with van der Waals surface area (Å²) in [6.07, 6.45) is -2.69. The van der Waals surface area contributed by atoms with Gasteiger partial charge >= 0.3 is 12.1 Å². The zero-order valence-corrected chi connectivity index (χ0v) is 24.3. The molecule has 2 aromatic rings. The van der Waals surface area contributed by atoms with Crippen LogP contribution in [-0.2, 0) is 38.6 Å². The van der Waals surface area contributed by atoms with Gasteiger partial charge < -0.3 is 5.32 Å². The first-order valence-corrected chi connectivity index (χ1v) is 13.9. The van der Waals surface area contributed by atoms with Crippen LogP contribution in [0.25, 0.3) is 0 Å². The molecular weight excluding hydrogens is 575 g/mol. The number of rotatable bonds is 11. The number of alkyl halides is 5. The average Bonchev–Trinajstić information content (AvgIpc) is 2.93. The topological polar surface area (TPSA) is 108 Å². The molecule has 2 N–H and O–H groups in total. The molecule has 0 saturated heterocycles. The molecule has 3 rings (SSSR count). The highest BCUT2D eigenvalue weighted by molar-refractivity contribution is 6.02. The number of aromatic nitrogens is 1. The van der Waals surface area contributed by atoms with Crippen LogP contribution < -0.4 is 10.6 Å². The second kappa shape index (κ2) is 13.7. The summed E-state index contributed by atoms with van der Waals surface area (Å²) >= 11 is 0. The van der Waals surface area contributed by atoms with Gasteiger partial charge in [-0.1, -0.05) is 58.0 Å². The molecule has 0 bridgehead atoms. The number of nitrogens with zero attached hydrogens (tertiary/aromatic N) is 2. The van der Waals surface area contributed by atoms with Gasteiger partial charge in [0.25, 0.3) is 0 Å². The van der Waals surface area contributed by atoms with Gasteiger partial charge in [0.05, 0.1) is 12.1 Å². The zero-order valence-electron chi connectivity index (χ0n) is 24.3. The lowest BCUT2D eigenvalue weighted by Gasteiger charge is -2.42. The van der Waals surface area contributed by atoms with Crippen molar-refractivity contribution in [2.75, 3.05) is 0 Å². The summed E-state index contributed by atoms with van der Waals surface area (Å²) < 4.78 is 68.3. The molecule has 43 heavy (non-hydrogen) atoms.